The normalized spacial score (nSPS) is 13.4. The van der Waals surface area contributed by atoms with Gasteiger partial charge in [0.25, 0.3) is 0 Å². The van der Waals surface area contributed by atoms with E-state index in [0.29, 0.717) is 5.57 Å². The van der Waals surface area contributed by atoms with E-state index in [1.807, 2.05) is 11.8 Å². The molecule has 0 N–H and O–H groups in total. The Hall–Kier alpha value is -1.20. The fourth-order valence-corrected chi connectivity index (χ4v) is 3.09. The number of rotatable bonds is 11. The largest absolute Gasteiger partial charge is 0.193 e. The van der Waals surface area contributed by atoms with Gasteiger partial charge >= 0.3 is 0 Å². The summed E-state index contributed by atoms with van der Waals surface area (Å²) >= 11 is 1.88. The Bertz CT molecular complexity index is 484. The summed E-state index contributed by atoms with van der Waals surface area (Å²) in [5, 5.41) is 8.79. The maximum absolute atomic E-state index is 8.79. The summed E-state index contributed by atoms with van der Waals surface area (Å²) in [7, 11) is 0. The lowest BCUT2D eigenvalue weighted by molar-refractivity contribution is 0.814. The molecule has 0 aromatic rings. The predicted octanol–water partition coefficient (Wildman–Crippen LogP) is 6.85. The molecule has 0 rings (SSSR count). The maximum atomic E-state index is 8.79. The zero-order valence-electron chi connectivity index (χ0n) is 15.6. The second-order valence-corrected chi connectivity index (χ2v) is 7.61. The molecule has 0 saturated heterocycles. The molecule has 0 aliphatic carbocycles. The zero-order valence-corrected chi connectivity index (χ0v) is 16.4. The van der Waals surface area contributed by atoms with Crippen molar-refractivity contribution < 1.29 is 0 Å². The lowest BCUT2D eigenvalue weighted by Crippen LogP contribution is -2.00. The maximum Gasteiger partial charge on any atom is 0.0944 e. The first-order valence-electron chi connectivity index (χ1n) is 8.48. The van der Waals surface area contributed by atoms with Gasteiger partial charge in [0.1, 0.15) is 0 Å². The van der Waals surface area contributed by atoms with Crippen molar-refractivity contribution in [2.45, 2.75) is 60.3 Å². The van der Waals surface area contributed by atoms with E-state index in [1.54, 1.807) is 0 Å². The molecule has 0 aromatic carbocycles. The minimum absolute atomic E-state index is 0.282. The molecular weight excluding hydrogens is 298 g/mol. The Morgan fingerprint density at radius 3 is 2.17 bits per heavy atom. The van der Waals surface area contributed by atoms with Crippen molar-refractivity contribution in [1.29, 1.82) is 5.26 Å². The minimum Gasteiger partial charge on any atom is -0.193 e. The summed E-state index contributed by atoms with van der Waals surface area (Å²) in [6, 6.07) is 2.14. The molecule has 0 aliphatic heterocycles. The summed E-state index contributed by atoms with van der Waals surface area (Å²) in [6.45, 7) is 14.6. The van der Waals surface area contributed by atoms with Crippen molar-refractivity contribution >= 4 is 11.8 Å². The Kier molecular flexibility index (Phi) is 12.6. The molecule has 0 heterocycles. The van der Waals surface area contributed by atoms with Gasteiger partial charge in [-0.05, 0) is 59.3 Å². The van der Waals surface area contributed by atoms with Crippen molar-refractivity contribution in [2.24, 2.45) is 5.92 Å². The van der Waals surface area contributed by atoms with Gasteiger partial charge in [-0.25, -0.2) is 0 Å². The van der Waals surface area contributed by atoms with Gasteiger partial charge in [0.15, 0.2) is 0 Å². The van der Waals surface area contributed by atoms with Gasteiger partial charge in [-0.3, -0.25) is 0 Å². The average Bonchev–Trinajstić information content (AvgIpc) is 2.50. The van der Waals surface area contributed by atoms with Crippen molar-refractivity contribution in [2.75, 3.05) is 11.5 Å². The molecule has 0 spiro atoms. The first kappa shape index (κ1) is 21.8. The van der Waals surface area contributed by atoms with Crippen LogP contribution in [0.3, 0.4) is 0 Å². The highest BCUT2D eigenvalue weighted by molar-refractivity contribution is 7.99. The molecule has 0 aromatic heterocycles. The summed E-state index contributed by atoms with van der Waals surface area (Å²) in [6.07, 6.45) is 11.6. The third kappa shape index (κ3) is 13.0. The zero-order chi connectivity index (χ0) is 17.7. The Labute approximate surface area is 148 Å². The molecule has 1 nitrogen and oxygen atoms in total. The first-order chi connectivity index (χ1) is 10.9. The van der Waals surface area contributed by atoms with Gasteiger partial charge in [0, 0.05) is 17.1 Å². The summed E-state index contributed by atoms with van der Waals surface area (Å²) < 4.78 is 0. The minimum atomic E-state index is 0.282. The van der Waals surface area contributed by atoms with Crippen LogP contribution in [-0.2, 0) is 0 Å². The standard InChI is InChI=1S/C21H33NS/c1-17(2)9-7-10-18(3)11-8-12-19(4)13-14-23-16-21(6)20(5)15-22/h9,11,13,21H,5,7-8,10,12,14,16H2,1-4,6H3/b18-11+,19-13+. The Balaban J connectivity index is 3.92. The lowest BCUT2D eigenvalue weighted by atomic mass is 10.1. The van der Waals surface area contributed by atoms with Crippen LogP contribution in [0.1, 0.15) is 60.3 Å². The number of hydrogen-bond acceptors (Lipinski definition) is 2. The van der Waals surface area contributed by atoms with Crippen LogP contribution in [0.2, 0.25) is 0 Å². The van der Waals surface area contributed by atoms with Gasteiger partial charge in [0.05, 0.1) is 6.07 Å². The van der Waals surface area contributed by atoms with Crippen LogP contribution >= 0.6 is 11.8 Å². The van der Waals surface area contributed by atoms with Crippen LogP contribution in [0.25, 0.3) is 0 Å². The number of allylic oxidation sites excluding steroid dienone is 6. The third-order valence-electron chi connectivity index (χ3n) is 3.78. The van der Waals surface area contributed by atoms with Crippen molar-refractivity contribution in [3.05, 3.63) is 47.1 Å². The van der Waals surface area contributed by atoms with Gasteiger partial charge in [-0.15, -0.1) is 0 Å². The quantitative estimate of drug-likeness (QED) is 0.235. The molecule has 1 unspecified atom stereocenters. The highest BCUT2D eigenvalue weighted by Gasteiger charge is 2.04. The number of thioether (sulfide) groups is 1. The van der Waals surface area contributed by atoms with E-state index in [4.69, 9.17) is 5.26 Å². The van der Waals surface area contributed by atoms with Crippen LogP contribution in [0.5, 0.6) is 0 Å². The molecule has 0 bridgehead atoms. The number of nitrogens with zero attached hydrogens (tertiary/aromatic N) is 1. The smallest absolute Gasteiger partial charge is 0.0944 e. The van der Waals surface area contributed by atoms with Crippen molar-refractivity contribution in [3.63, 3.8) is 0 Å². The second kappa shape index (κ2) is 13.3. The molecule has 128 valence electrons. The summed E-state index contributed by atoms with van der Waals surface area (Å²) in [4.78, 5) is 0. The molecule has 23 heavy (non-hydrogen) atoms. The van der Waals surface area contributed by atoms with Crippen molar-refractivity contribution in [1.82, 2.24) is 0 Å². The monoisotopic (exact) mass is 331 g/mol. The van der Waals surface area contributed by atoms with E-state index in [0.717, 1.165) is 30.8 Å². The molecule has 0 amide bonds. The van der Waals surface area contributed by atoms with Gasteiger partial charge < -0.3 is 0 Å². The van der Waals surface area contributed by atoms with Gasteiger partial charge in [-0.2, -0.15) is 17.0 Å². The molecule has 0 radical (unpaired) electrons. The molecule has 1 atom stereocenters. The van der Waals surface area contributed by atoms with Crippen LogP contribution in [0, 0.1) is 17.2 Å². The van der Waals surface area contributed by atoms with Crippen molar-refractivity contribution in [3.8, 4) is 6.07 Å². The van der Waals surface area contributed by atoms with E-state index in [9.17, 15) is 0 Å². The Morgan fingerprint density at radius 2 is 1.61 bits per heavy atom. The van der Waals surface area contributed by atoms with E-state index < -0.39 is 0 Å². The summed E-state index contributed by atoms with van der Waals surface area (Å²) in [5.41, 5.74) is 5.04. The highest BCUT2D eigenvalue weighted by atomic mass is 32.2. The fraction of sp³-hybridized carbons (Fsp3) is 0.571. The molecule has 0 aliphatic rings. The van der Waals surface area contributed by atoms with E-state index in [-0.39, 0.29) is 5.92 Å². The van der Waals surface area contributed by atoms with Gasteiger partial charge in [-0.1, -0.05) is 48.5 Å². The molecule has 2 heteroatoms. The Morgan fingerprint density at radius 1 is 1.04 bits per heavy atom. The molecule has 0 fully saturated rings. The number of hydrogen-bond donors (Lipinski definition) is 0. The SMILES string of the molecule is C=C(C#N)C(C)CSC/C=C(\C)CC/C=C(\C)CCC=C(C)C. The van der Waals surface area contributed by atoms with Crippen LogP contribution < -0.4 is 0 Å². The average molecular weight is 332 g/mol. The fourth-order valence-electron chi connectivity index (χ4n) is 2.00. The first-order valence-corrected chi connectivity index (χ1v) is 9.63. The highest BCUT2D eigenvalue weighted by Crippen LogP contribution is 2.16. The van der Waals surface area contributed by atoms with Crippen LogP contribution in [0.4, 0.5) is 0 Å². The van der Waals surface area contributed by atoms with Crippen LogP contribution in [0.15, 0.2) is 47.1 Å². The third-order valence-corrected chi connectivity index (χ3v) is 4.92. The number of nitriles is 1. The predicted molar refractivity (Wildman–Crippen MR) is 107 cm³/mol. The molecule has 0 saturated carbocycles. The van der Waals surface area contributed by atoms with Gasteiger partial charge in [0.2, 0.25) is 0 Å². The van der Waals surface area contributed by atoms with Crippen LogP contribution in [-0.4, -0.2) is 11.5 Å². The summed E-state index contributed by atoms with van der Waals surface area (Å²) in [5.74, 6) is 2.28. The van der Waals surface area contributed by atoms with E-state index in [1.165, 1.54) is 23.1 Å². The van der Waals surface area contributed by atoms with E-state index in [2.05, 4.69) is 65.5 Å². The molecular formula is C21H33NS. The second-order valence-electron chi connectivity index (χ2n) is 6.54. The topological polar surface area (TPSA) is 23.8 Å². The lowest BCUT2D eigenvalue weighted by Gasteiger charge is -2.07. The van der Waals surface area contributed by atoms with E-state index >= 15 is 0 Å².